The molecule has 40 heavy (non-hydrogen) atoms. The summed E-state index contributed by atoms with van der Waals surface area (Å²) >= 11 is 3.88. The summed E-state index contributed by atoms with van der Waals surface area (Å²) in [6.07, 6.45) is 13.1. The molecule has 1 fully saturated rings. The first-order valence-electron chi connectivity index (χ1n) is 15.6. The third kappa shape index (κ3) is 7.96. The molecule has 0 saturated carbocycles. The van der Waals surface area contributed by atoms with E-state index in [4.69, 9.17) is 19.7 Å². The molecule has 6 nitrogen and oxygen atoms in total. The standard InChI is InChI=1S/C33H53BrN4O2/c1-9-13-15-18-32(7,17-14-10-2)22-40-31-36-28-24(6)27(34)29(35-23(5)11-3)25(12-4)26(28)30(37-31)38-20-16-19-33(8,39)21-38/h12,23,39H,9-11,13-22H2,1-8H3/b25-12-,35-29?/t23?,32?,33-/m1/s1. The summed E-state index contributed by atoms with van der Waals surface area (Å²) in [6, 6.07) is 0.623. The van der Waals surface area contributed by atoms with E-state index >= 15 is 0 Å². The third-order valence-corrected chi connectivity index (χ3v) is 9.53. The molecular weight excluding hydrogens is 564 g/mol. The smallest absolute Gasteiger partial charge is 0.318 e. The van der Waals surface area contributed by atoms with Gasteiger partial charge in [-0.2, -0.15) is 9.97 Å². The number of halogens is 1. The Balaban J connectivity index is 2.11. The van der Waals surface area contributed by atoms with Gasteiger partial charge < -0.3 is 14.7 Å². The summed E-state index contributed by atoms with van der Waals surface area (Å²) in [4.78, 5) is 17.5. The van der Waals surface area contributed by atoms with Crippen LogP contribution >= 0.6 is 15.9 Å². The molecule has 1 aliphatic carbocycles. The van der Waals surface area contributed by atoms with Crippen LogP contribution in [0, 0.1) is 5.41 Å². The lowest BCUT2D eigenvalue weighted by molar-refractivity contribution is 0.0446. The quantitative estimate of drug-likeness (QED) is 0.224. The normalized spacial score (nSPS) is 23.9. The molecule has 0 radical (unpaired) electrons. The Bertz CT molecular complexity index is 1110. The molecule has 7 heteroatoms. The van der Waals surface area contributed by atoms with Gasteiger partial charge in [0.25, 0.3) is 0 Å². The van der Waals surface area contributed by atoms with E-state index in [2.05, 4.69) is 75.4 Å². The summed E-state index contributed by atoms with van der Waals surface area (Å²) in [5.41, 5.74) is 4.23. The highest BCUT2D eigenvalue weighted by Gasteiger charge is 2.36. The number of hydrogen-bond donors (Lipinski definition) is 1. The minimum absolute atomic E-state index is 0.0927. The molecule has 2 heterocycles. The molecule has 0 bridgehead atoms. The molecule has 224 valence electrons. The van der Waals surface area contributed by atoms with Crippen molar-refractivity contribution in [3.05, 3.63) is 21.8 Å². The number of aliphatic imine (C=N–C) groups is 1. The molecule has 1 aromatic heterocycles. The SMILES string of the molecule is C/C=C1\C(=NC(C)CC)C(Br)=C(C)c2nc(OCC(C)(CCCC)CCCCC)nc(N3CCC[C@@](C)(O)C3)c21. The summed E-state index contributed by atoms with van der Waals surface area (Å²) in [5, 5.41) is 11.0. The van der Waals surface area contributed by atoms with Crippen molar-refractivity contribution >= 4 is 38.6 Å². The molecule has 3 rings (SSSR count). The second-order valence-electron chi connectivity index (χ2n) is 12.6. The van der Waals surface area contributed by atoms with E-state index in [0.29, 0.717) is 19.2 Å². The zero-order chi connectivity index (χ0) is 29.5. The Morgan fingerprint density at radius 2 is 1.88 bits per heavy atom. The van der Waals surface area contributed by atoms with Crippen LogP contribution in [-0.2, 0) is 0 Å². The van der Waals surface area contributed by atoms with Gasteiger partial charge in [0, 0.05) is 34.6 Å². The number of ether oxygens (including phenoxy) is 1. The minimum Gasteiger partial charge on any atom is -0.463 e. The highest BCUT2D eigenvalue weighted by Crippen LogP contribution is 2.44. The molecule has 1 N–H and O–H groups in total. The fourth-order valence-electron chi connectivity index (χ4n) is 5.79. The summed E-state index contributed by atoms with van der Waals surface area (Å²) in [7, 11) is 0. The Labute approximate surface area is 251 Å². The number of allylic oxidation sites excluding steroid dienone is 4. The first-order valence-corrected chi connectivity index (χ1v) is 16.4. The molecule has 1 saturated heterocycles. The maximum atomic E-state index is 11.0. The number of fused-ring (bicyclic) bond motifs is 1. The van der Waals surface area contributed by atoms with Gasteiger partial charge in [0.05, 0.1) is 29.2 Å². The number of anilines is 1. The van der Waals surface area contributed by atoms with Gasteiger partial charge in [-0.3, -0.25) is 4.99 Å². The van der Waals surface area contributed by atoms with Crippen LogP contribution < -0.4 is 9.64 Å². The van der Waals surface area contributed by atoms with Gasteiger partial charge in [0.2, 0.25) is 0 Å². The van der Waals surface area contributed by atoms with Gasteiger partial charge in [0.1, 0.15) is 5.82 Å². The second-order valence-corrected chi connectivity index (χ2v) is 13.4. The molecule has 1 aliphatic heterocycles. The van der Waals surface area contributed by atoms with Gasteiger partial charge in [-0.15, -0.1) is 0 Å². The summed E-state index contributed by atoms with van der Waals surface area (Å²) in [5.74, 6) is 0.838. The van der Waals surface area contributed by atoms with E-state index in [0.717, 1.165) is 77.1 Å². The topological polar surface area (TPSA) is 70.8 Å². The van der Waals surface area contributed by atoms with Crippen LogP contribution in [0.3, 0.4) is 0 Å². The van der Waals surface area contributed by atoms with Crippen molar-refractivity contribution < 1.29 is 9.84 Å². The van der Waals surface area contributed by atoms with Gasteiger partial charge in [-0.1, -0.05) is 65.9 Å². The van der Waals surface area contributed by atoms with Gasteiger partial charge in [-0.25, -0.2) is 0 Å². The average Bonchev–Trinajstić information content (AvgIpc) is 2.93. The van der Waals surface area contributed by atoms with E-state index < -0.39 is 5.60 Å². The van der Waals surface area contributed by atoms with Crippen molar-refractivity contribution in [2.45, 2.75) is 131 Å². The number of rotatable bonds is 13. The highest BCUT2D eigenvalue weighted by atomic mass is 79.9. The lowest BCUT2D eigenvalue weighted by Crippen LogP contribution is -2.47. The number of β-amino-alcohol motifs (C(OH)–C–C–N with tert-alkyl or cyclic N) is 1. The first kappa shape index (κ1) is 32.8. The van der Waals surface area contributed by atoms with Crippen molar-refractivity contribution in [1.29, 1.82) is 0 Å². The predicted molar refractivity (Wildman–Crippen MR) is 174 cm³/mol. The number of piperidine rings is 1. The number of hydrogen-bond acceptors (Lipinski definition) is 6. The van der Waals surface area contributed by atoms with E-state index in [1.54, 1.807) is 0 Å². The van der Waals surface area contributed by atoms with E-state index in [-0.39, 0.29) is 11.5 Å². The number of nitrogens with zero attached hydrogens (tertiary/aromatic N) is 4. The van der Waals surface area contributed by atoms with Crippen LogP contribution in [0.5, 0.6) is 6.01 Å². The van der Waals surface area contributed by atoms with Crippen LogP contribution in [0.15, 0.2) is 15.6 Å². The summed E-state index contributed by atoms with van der Waals surface area (Å²) < 4.78 is 7.48. The lowest BCUT2D eigenvalue weighted by atomic mass is 9.81. The zero-order valence-corrected chi connectivity index (χ0v) is 28.0. The number of aliphatic hydroxyl groups is 1. The molecule has 2 aliphatic rings. The van der Waals surface area contributed by atoms with Crippen molar-refractivity contribution in [2.24, 2.45) is 10.4 Å². The average molecular weight is 618 g/mol. The van der Waals surface area contributed by atoms with Crippen molar-refractivity contribution in [3.8, 4) is 6.01 Å². The van der Waals surface area contributed by atoms with Crippen molar-refractivity contribution in [3.63, 3.8) is 0 Å². The monoisotopic (exact) mass is 616 g/mol. The van der Waals surface area contributed by atoms with Crippen LogP contribution in [0.25, 0.3) is 11.1 Å². The molecular formula is C33H53BrN4O2. The van der Waals surface area contributed by atoms with Crippen molar-refractivity contribution in [2.75, 3.05) is 24.6 Å². The van der Waals surface area contributed by atoms with Crippen molar-refractivity contribution in [1.82, 2.24) is 9.97 Å². The third-order valence-electron chi connectivity index (χ3n) is 8.56. The van der Waals surface area contributed by atoms with E-state index in [1.165, 1.54) is 32.1 Å². The summed E-state index contributed by atoms with van der Waals surface area (Å²) in [6.45, 7) is 19.2. The van der Waals surface area contributed by atoms with Crippen LogP contribution in [0.4, 0.5) is 5.82 Å². The Kier molecular flexibility index (Phi) is 11.8. The second kappa shape index (κ2) is 14.4. The first-order chi connectivity index (χ1) is 19.0. The van der Waals surface area contributed by atoms with E-state index in [1.807, 2.05) is 6.92 Å². The van der Waals surface area contributed by atoms with Crippen LogP contribution in [0.2, 0.25) is 0 Å². The largest absolute Gasteiger partial charge is 0.463 e. The molecule has 0 spiro atoms. The van der Waals surface area contributed by atoms with E-state index in [9.17, 15) is 5.11 Å². The predicted octanol–water partition coefficient (Wildman–Crippen LogP) is 8.77. The highest BCUT2D eigenvalue weighted by molar-refractivity contribution is 9.12. The fourth-order valence-corrected chi connectivity index (χ4v) is 6.30. The molecule has 1 aromatic rings. The minimum atomic E-state index is -0.765. The van der Waals surface area contributed by atoms with Crippen LogP contribution in [0.1, 0.15) is 131 Å². The Morgan fingerprint density at radius 3 is 2.50 bits per heavy atom. The molecule has 2 unspecified atom stereocenters. The van der Waals surface area contributed by atoms with Gasteiger partial charge in [-0.05, 0) is 81.3 Å². The Morgan fingerprint density at radius 1 is 1.18 bits per heavy atom. The van der Waals surface area contributed by atoms with Crippen LogP contribution in [-0.4, -0.2) is 52.1 Å². The van der Waals surface area contributed by atoms with Gasteiger partial charge in [0.15, 0.2) is 0 Å². The molecule has 3 atom stereocenters. The molecule has 0 amide bonds. The van der Waals surface area contributed by atoms with Gasteiger partial charge >= 0.3 is 6.01 Å². The molecule has 0 aromatic carbocycles. The Hall–Kier alpha value is -1.73. The zero-order valence-electron chi connectivity index (χ0n) is 26.4. The maximum absolute atomic E-state index is 11.0. The number of aromatic nitrogens is 2. The fraction of sp³-hybridized carbons (Fsp3) is 0.727. The lowest BCUT2D eigenvalue weighted by Gasteiger charge is -2.39. The maximum Gasteiger partial charge on any atom is 0.318 e. The number of unbranched alkanes of at least 4 members (excludes halogenated alkanes) is 3.